The van der Waals surface area contributed by atoms with Crippen molar-refractivity contribution in [3.05, 3.63) is 0 Å². The van der Waals surface area contributed by atoms with Crippen molar-refractivity contribution in [1.29, 1.82) is 0 Å². The zero-order chi connectivity index (χ0) is 11.7. The highest BCUT2D eigenvalue weighted by Gasteiger charge is 2.11. The molecule has 0 aromatic heterocycles. The molecule has 0 saturated carbocycles. The first-order chi connectivity index (χ1) is 7.07. The fourth-order valence-electron chi connectivity index (χ4n) is 0.871. The van der Waals surface area contributed by atoms with Crippen LogP contribution in [0.15, 0.2) is 0 Å². The summed E-state index contributed by atoms with van der Waals surface area (Å²) in [5, 5.41) is 2.89. The molecule has 0 rings (SSSR count). The van der Waals surface area contributed by atoms with Gasteiger partial charge in [-0.1, -0.05) is 0 Å². The summed E-state index contributed by atoms with van der Waals surface area (Å²) in [4.78, 5) is 21.4. The van der Waals surface area contributed by atoms with E-state index in [0.717, 1.165) is 0 Å². The second kappa shape index (κ2) is 8.19. The number of esters is 1. The third kappa shape index (κ3) is 7.90. The molecule has 15 heavy (non-hydrogen) atoms. The molecule has 1 amide bonds. The van der Waals surface area contributed by atoms with E-state index in [9.17, 15) is 9.59 Å². The Balaban J connectivity index is 3.42. The number of ether oxygens (including phenoxy) is 2. The molecule has 0 aromatic rings. The molecule has 6 heteroatoms. The monoisotopic (exact) mass is 218 g/mol. The first kappa shape index (κ1) is 13.9. The van der Waals surface area contributed by atoms with E-state index in [1.54, 1.807) is 13.8 Å². The third-order valence-corrected chi connectivity index (χ3v) is 1.58. The van der Waals surface area contributed by atoms with Crippen molar-refractivity contribution in [3.63, 3.8) is 0 Å². The van der Waals surface area contributed by atoms with Crippen molar-refractivity contribution >= 4 is 11.9 Å². The van der Waals surface area contributed by atoms with Gasteiger partial charge in [-0.2, -0.15) is 0 Å². The molecule has 88 valence electrons. The average molecular weight is 218 g/mol. The van der Waals surface area contributed by atoms with Crippen LogP contribution in [0.5, 0.6) is 0 Å². The first-order valence-corrected chi connectivity index (χ1v) is 4.84. The number of nitrogens with two attached hydrogens (primary N) is 1. The minimum Gasteiger partial charge on any atom is -0.465 e. The Morgan fingerprint density at radius 1 is 1.47 bits per heavy atom. The Labute approximate surface area is 89.1 Å². The third-order valence-electron chi connectivity index (χ3n) is 1.58. The SMILES string of the molecule is CCOC(=O)C(C)NCCOCC(N)=O. The summed E-state index contributed by atoms with van der Waals surface area (Å²) in [5.41, 5.74) is 4.86. The Morgan fingerprint density at radius 3 is 2.67 bits per heavy atom. The highest BCUT2D eigenvalue weighted by atomic mass is 16.5. The maximum absolute atomic E-state index is 11.1. The van der Waals surface area contributed by atoms with E-state index in [1.165, 1.54) is 0 Å². The van der Waals surface area contributed by atoms with Gasteiger partial charge in [-0.05, 0) is 13.8 Å². The van der Waals surface area contributed by atoms with Crippen molar-refractivity contribution in [1.82, 2.24) is 5.32 Å². The van der Waals surface area contributed by atoms with Gasteiger partial charge in [-0.15, -0.1) is 0 Å². The molecule has 0 aliphatic heterocycles. The molecule has 0 aliphatic rings. The van der Waals surface area contributed by atoms with Crippen LogP contribution in [0.2, 0.25) is 0 Å². The van der Waals surface area contributed by atoms with Gasteiger partial charge < -0.3 is 20.5 Å². The Bertz CT molecular complexity index is 208. The molecule has 0 aliphatic carbocycles. The van der Waals surface area contributed by atoms with E-state index in [2.05, 4.69) is 5.32 Å². The molecular weight excluding hydrogens is 200 g/mol. The molecular formula is C9H18N2O4. The predicted octanol–water partition coefficient (Wildman–Crippen LogP) is -0.970. The van der Waals surface area contributed by atoms with Gasteiger partial charge in [0, 0.05) is 6.54 Å². The van der Waals surface area contributed by atoms with E-state index in [1.807, 2.05) is 0 Å². The summed E-state index contributed by atoms with van der Waals surface area (Å²) in [6, 6.07) is -0.373. The lowest BCUT2D eigenvalue weighted by Gasteiger charge is -2.12. The zero-order valence-electron chi connectivity index (χ0n) is 9.12. The molecule has 0 spiro atoms. The lowest BCUT2D eigenvalue weighted by atomic mass is 10.3. The van der Waals surface area contributed by atoms with Crippen LogP contribution < -0.4 is 11.1 Å². The summed E-state index contributed by atoms with van der Waals surface area (Å²) < 4.78 is 9.68. The van der Waals surface area contributed by atoms with Crippen molar-refractivity contribution in [2.75, 3.05) is 26.4 Å². The van der Waals surface area contributed by atoms with Crippen molar-refractivity contribution in [3.8, 4) is 0 Å². The van der Waals surface area contributed by atoms with Crippen LogP contribution in [-0.4, -0.2) is 44.3 Å². The van der Waals surface area contributed by atoms with Gasteiger partial charge in [-0.25, -0.2) is 0 Å². The minimum absolute atomic E-state index is 0.102. The normalized spacial score (nSPS) is 12.1. The summed E-state index contributed by atoms with van der Waals surface area (Å²) in [7, 11) is 0. The summed E-state index contributed by atoms with van der Waals surface area (Å²) in [5.74, 6) is -0.805. The Hall–Kier alpha value is -1.14. The lowest BCUT2D eigenvalue weighted by molar-refractivity contribution is -0.145. The number of carbonyl (C=O) groups is 2. The van der Waals surface area contributed by atoms with Gasteiger partial charge in [0.15, 0.2) is 0 Å². The van der Waals surface area contributed by atoms with E-state index >= 15 is 0 Å². The number of hydrogen-bond donors (Lipinski definition) is 2. The van der Waals surface area contributed by atoms with Crippen molar-refractivity contribution in [2.24, 2.45) is 5.73 Å². The Morgan fingerprint density at radius 2 is 2.13 bits per heavy atom. The molecule has 0 aromatic carbocycles. The highest BCUT2D eigenvalue weighted by Crippen LogP contribution is 1.87. The van der Waals surface area contributed by atoms with Crippen LogP contribution in [0.3, 0.4) is 0 Å². The molecule has 0 saturated heterocycles. The van der Waals surface area contributed by atoms with Gasteiger partial charge >= 0.3 is 5.97 Å². The first-order valence-electron chi connectivity index (χ1n) is 4.84. The number of primary amides is 1. The average Bonchev–Trinajstić information content (AvgIpc) is 2.16. The summed E-state index contributed by atoms with van der Waals surface area (Å²) >= 11 is 0. The van der Waals surface area contributed by atoms with Crippen molar-refractivity contribution in [2.45, 2.75) is 19.9 Å². The van der Waals surface area contributed by atoms with Gasteiger partial charge in [0.2, 0.25) is 5.91 Å². The van der Waals surface area contributed by atoms with E-state index in [0.29, 0.717) is 19.8 Å². The number of hydrogen-bond acceptors (Lipinski definition) is 5. The molecule has 0 fully saturated rings. The number of carbonyl (C=O) groups excluding carboxylic acids is 2. The standard InChI is InChI=1S/C9H18N2O4/c1-3-15-9(13)7(2)11-4-5-14-6-8(10)12/h7,11H,3-6H2,1-2H3,(H2,10,12). The van der Waals surface area contributed by atoms with Crippen LogP contribution in [0.4, 0.5) is 0 Å². The smallest absolute Gasteiger partial charge is 0.322 e. The maximum Gasteiger partial charge on any atom is 0.322 e. The fraction of sp³-hybridized carbons (Fsp3) is 0.778. The van der Waals surface area contributed by atoms with Crippen molar-refractivity contribution < 1.29 is 19.1 Å². The molecule has 1 atom stereocenters. The van der Waals surface area contributed by atoms with E-state index in [4.69, 9.17) is 15.2 Å². The number of rotatable bonds is 8. The number of nitrogens with one attached hydrogen (secondary N) is 1. The van der Waals surface area contributed by atoms with Gasteiger partial charge in [0.1, 0.15) is 12.6 Å². The van der Waals surface area contributed by atoms with Crippen LogP contribution in [-0.2, 0) is 19.1 Å². The Kier molecular flexibility index (Phi) is 7.57. The fourth-order valence-corrected chi connectivity index (χ4v) is 0.871. The molecule has 0 bridgehead atoms. The van der Waals surface area contributed by atoms with Crippen LogP contribution in [0.25, 0.3) is 0 Å². The molecule has 6 nitrogen and oxygen atoms in total. The molecule has 0 heterocycles. The largest absolute Gasteiger partial charge is 0.465 e. The molecule has 1 unspecified atom stereocenters. The van der Waals surface area contributed by atoms with E-state index < -0.39 is 5.91 Å². The maximum atomic E-state index is 11.1. The number of amides is 1. The van der Waals surface area contributed by atoms with Gasteiger partial charge in [0.25, 0.3) is 0 Å². The molecule has 3 N–H and O–H groups in total. The van der Waals surface area contributed by atoms with E-state index in [-0.39, 0.29) is 18.6 Å². The van der Waals surface area contributed by atoms with Crippen LogP contribution in [0.1, 0.15) is 13.8 Å². The van der Waals surface area contributed by atoms with Crippen LogP contribution >= 0.6 is 0 Å². The second-order valence-corrected chi connectivity index (χ2v) is 2.95. The zero-order valence-corrected chi connectivity index (χ0v) is 9.12. The molecule has 0 radical (unpaired) electrons. The van der Waals surface area contributed by atoms with Gasteiger partial charge in [0.05, 0.1) is 13.2 Å². The quantitative estimate of drug-likeness (QED) is 0.404. The van der Waals surface area contributed by atoms with Crippen LogP contribution in [0, 0.1) is 0 Å². The topological polar surface area (TPSA) is 90.7 Å². The second-order valence-electron chi connectivity index (χ2n) is 2.95. The summed E-state index contributed by atoms with van der Waals surface area (Å²) in [6.07, 6.45) is 0. The minimum atomic E-state index is -0.506. The lowest BCUT2D eigenvalue weighted by Crippen LogP contribution is -2.37. The highest BCUT2D eigenvalue weighted by molar-refractivity contribution is 5.75. The predicted molar refractivity (Wildman–Crippen MR) is 54.1 cm³/mol. The van der Waals surface area contributed by atoms with Gasteiger partial charge in [-0.3, -0.25) is 9.59 Å². The summed E-state index contributed by atoms with van der Waals surface area (Å²) in [6.45, 7) is 4.51.